The van der Waals surface area contributed by atoms with E-state index in [1.165, 1.54) is 4.90 Å². The summed E-state index contributed by atoms with van der Waals surface area (Å²) >= 11 is 0. The van der Waals surface area contributed by atoms with Gasteiger partial charge in [-0.3, -0.25) is 4.79 Å². The molecule has 0 aromatic carbocycles. The summed E-state index contributed by atoms with van der Waals surface area (Å²) in [5, 5.41) is 8.74. The number of nitrogens with zero attached hydrogens (tertiary/aromatic N) is 1. The van der Waals surface area contributed by atoms with Crippen molar-refractivity contribution in [3.05, 3.63) is 0 Å². The molecule has 2 aliphatic heterocycles. The van der Waals surface area contributed by atoms with E-state index in [9.17, 15) is 9.59 Å². The number of ether oxygens (including phenoxy) is 1. The molecule has 0 radical (unpaired) electrons. The molecule has 6 nitrogen and oxygen atoms in total. The van der Waals surface area contributed by atoms with Crippen LogP contribution in [-0.2, 0) is 14.3 Å². The first-order chi connectivity index (χ1) is 8.09. The van der Waals surface area contributed by atoms with E-state index in [-0.39, 0.29) is 23.7 Å². The molecular weight excluding hydrogens is 260 g/mol. The molecule has 1 atom stereocenters. The quantitative estimate of drug-likeness (QED) is 0.643. The van der Waals surface area contributed by atoms with Crippen molar-refractivity contribution in [2.75, 3.05) is 32.8 Å². The number of aliphatic carboxylic acids is 1. The van der Waals surface area contributed by atoms with E-state index in [2.05, 4.69) is 0 Å². The zero-order valence-electron chi connectivity index (χ0n) is 10.1. The smallest absolute Gasteiger partial charge is 0.394 e. The van der Waals surface area contributed by atoms with E-state index in [0.29, 0.717) is 32.8 Å². The zero-order chi connectivity index (χ0) is 12.5. The van der Waals surface area contributed by atoms with E-state index < -0.39 is 11.9 Å². The summed E-state index contributed by atoms with van der Waals surface area (Å²) < 4.78 is 5.33. The third-order valence-corrected chi connectivity index (χ3v) is 4.06. The van der Waals surface area contributed by atoms with Gasteiger partial charge in [-0.2, -0.15) is 0 Å². The maximum absolute atomic E-state index is 11.5. The third kappa shape index (κ3) is 2.60. The van der Waals surface area contributed by atoms with Gasteiger partial charge in [-0.15, -0.1) is 12.4 Å². The predicted molar refractivity (Wildman–Crippen MR) is 66.5 cm³/mol. The molecular formula is C11H19ClN2O4. The van der Waals surface area contributed by atoms with Crippen molar-refractivity contribution in [3.63, 3.8) is 0 Å². The molecule has 1 unspecified atom stereocenters. The molecule has 3 N–H and O–H groups in total. The Morgan fingerprint density at radius 1 is 1.39 bits per heavy atom. The molecule has 0 aliphatic carbocycles. The van der Waals surface area contributed by atoms with E-state index >= 15 is 0 Å². The Labute approximate surface area is 112 Å². The third-order valence-electron chi connectivity index (χ3n) is 4.06. The predicted octanol–water partition coefficient (Wildman–Crippen LogP) is -0.293. The van der Waals surface area contributed by atoms with Gasteiger partial charge in [0.15, 0.2) is 0 Å². The number of nitrogens with two attached hydrogens (primary N) is 1. The number of hydrogen-bond donors (Lipinski definition) is 2. The molecule has 0 aromatic rings. The van der Waals surface area contributed by atoms with Gasteiger partial charge in [0.05, 0.1) is 0 Å². The molecule has 0 saturated carbocycles. The number of carboxylic acids is 1. The fourth-order valence-electron chi connectivity index (χ4n) is 2.99. The number of rotatable bonds is 1. The van der Waals surface area contributed by atoms with Gasteiger partial charge in [0.2, 0.25) is 0 Å². The maximum Gasteiger partial charge on any atom is 0.394 e. The fraction of sp³-hybridized carbons (Fsp3) is 0.818. The Bertz CT molecular complexity index is 331. The molecule has 2 rings (SSSR count). The second-order valence-corrected chi connectivity index (χ2v) is 4.90. The van der Waals surface area contributed by atoms with Crippen molar-refractivity contribution in [3.8, 4) is 0 Å². The molecule has 2 fully saturated rings. The number of carboxylic acid groups (broad SMARTS) is 1. The second kappa shape index (κ2) is 5.86. The molecule has 7 heteroatoms. The van der Waals surface area contributed by atoms with Crippen LogP contribution in [0.4, 0.5) is 0 Å². The Balaban J connectivity index is 0.00000162. The lowest BCUT2D eigenvalue weighted by Gasteiger charge is -2.37. The Morgan fingerprint density at radius 2 is 2.00 bits per heavy atom. The lowest BCUT2D eigenvalue weighted by molar-refractivity contribution is -0.155. The van der Waals surface area contributed by atoms with Crippen LogP contribution in [0.15, 0.2) is 0 Å². The first-order valence-corrected chi connectivity index (χ1v) is 5.89. The first kappa shape index (κ1) is 15.2. The van der Waals surface area contributed by atoms with E-state index in [0.717, 1.165) is 12.8 Å². The normalized spacial score (nSPS) is 25.8. The van der Waals surface area contributed by atoms with Crippen LogP contribution in [-0.4, -0.2) is 54.7 Å². The first-order valence-electron chi connectivity index (χ1n) is 5.89. The minimum Gasteiger partial charge on any atom is -0.474 e. The van der Waals surface area contributed by atoms with Gasteiger partial charge in [0.1, 0.15) is 0 Å². The Kier molecular flexibility index (Phi) is 4.95. The van der Waals surface area contributed by atoms with Gasteiger partial charge in [-0.05, 0) is 30.7 Å². The Morgan fingerprint density at radius 3 is 2.50 bits per heavy atom. The average Bonchev–Trinajstić information content (AvgIpc) is 2.67. The average molecular weight is 279 g/mol. The van der Waals surface area contributed by atoms with Crippen LogP contribution < -0.4 is 5.73 Å². The largest absolute Gasteiger partial charge is 0.474 e. The number of amides is 1. The summed E-state index contributed by atoms with van der Waals surface area (Å²) in [6, 6.07) is 0. The van der Waals surface area contributed by atoms with E-state index in [4.69, 9.17) is 15.6 Å². The summed E-state index contributed by atoms with van der Waals surface area (Å²) in [6.07, 6.45) is 1.72. The van der Waals surface area contributed by atoms with Gasteiger partial charge >= 0.3 is 11.9 Å². The molecule has 1 amide bonds. The van der Waals surface area contributed by atoms with E-state index in [1.54, 1.807) is 0 Å². The van der Waals surface area contributed by atoms with Crippen molar-refractivity contribution in [2.24, 2.45) is 17.1 Å². The highest BCUT2D eigenvalue weighted by Crippen LogP contribution is 2.43. The number of likely N-dealkylation sites (tertiary alicyclic amines) is 1. The van der Waals surface area contributed by atoms with Crippen LogP contribution in [0, 0.1) is 11.3 Å². The van der Waals surface area contributed by atoms with Crippen molar-refractivity contribution in [1.29, 1.82) is 0 Å². The van der Waals surface area contributed by atoms with Crippen LogP contribution in [0.1, 0.15) is 12.8 Å². The summed E-state index contributed by atoms with van der Waals surface area (Å²) in [5.74, 6) is -2.01. The molecule has 2 saturated heterocycles. The molecule has 2 aliphatic rings. The summed E-state index contributed by atoms with van der Waals surface area (Å²) in [6.45, 7) is 2.80. The summed E-state index contributed by atoms with van der Waals surface area (Å²) in [7, 11) is 0. The standard InChI is InChI=1S/C11H18N2O4.ClH/c12-5-8-6-13(9(14)10(15)16)7-11(8)1-3-17-4-2-11;/h8H,1-7,12H2,(H,15,16);1H. The topological polar surface area (TPSA) is 92.9 Å². The second-order valence-electron chi connectivity index (χ2n) is 4.90. The molecule has 0 aromatic heterocycles. The van der Waals surface area contributed by atoms with Crippen LogP contribution in [0.3, 0.4) is 0 Å². The SMILES string of the molecule is Cl.NCC1CN(C(=O)C(=O)O)CC12CCOCC2. The number of halogens is 1. The van der Waals surface area contributed by atoms with Gasteiger partial charge in [-0.25, -0.2) is 4.79 Å². The fourth-order valence-corrected chi connectivity index (χ4v) is 2.99. The van der Waals surface area contributed by atoms with Crippen LogP contribution >= 0.6 is 12.4 Å². The van der Waals surface area contributed by atoms with Gasteiger partial charge in [0.25, 0.3) is 0 Å². The van der Waals surface area contributed by atoms with Crippen LogP contribution in [0.2, 0.25) is 0 Å². The number of carbonyl (C=O) groups excluding carboxylic acids is 1. The lowest BCUT2D eigenvalue weighted by atomic mass is 9.72. The van der Waals surface area contributed by atoms with Crippen LogP contribution in [0.25, 0.3) is 0 Å². The highest BCUT2D eigenvalue weighted by molar-refractivity contribution is 6.31. The highest BCUT2D eigenvalue weighted by atomic mass is 35.5. The molecule has 0 bridgehead atoms. The minimum atomic E-state index is -1.38. The van der Waals surface area contributed by atoms with Crippen molar-refractivity contribution >= 4 is 24.3 Å². The van der Waals surface area contributed by atoms with Crippen molar-refractivity contribution < 1.29 is 19.4 Å². The Hall–Kier alpha value is -0.850. The molecule has 2 heterocycles. The summed E-state index contributed by atoms with van der Waals surface area (Å²) in [5.41, 5.74) is 5.72. The van der Waals surface area contributed by atoms with Crippen molar-refractivity contribution in [2.45, 2.75) is 12.8 Å². The van der Waals surface area contributed by atoms with Gasteiger partial charge < -0.3 is 20.5 Å². The maximum atomic E-state index is 11.5. The summed E-state index contributed by atoms with van der Waals surface area (Å²) in [4.78, 5) is 23.6. The molecule has 1 spiro atoms. The molecule has 18 heavy (non-hydrogen) atoms. The zero-order valence-corrected chi connectivity index (χ0v) is 10.9. The van der Waals surface area contributed by atoms with E-state index in [1.807, 2.05) is 0 Å². The molecule has 104 valence electrons. The number of hydrogen-bond acceptors (Lipinski definition) is 4. The van der Waals surface area contributed by atoms with Crippen LogP contribution in [0.5, 0.6) is 0 Å². The number of carbonyl (C=O) groups is 2. The van der Waals surface area contributed by atoms with Gasteiger partial charge in [-0.1, -0.05) is 0 Å². The van der Waals surface area contributed by atoms with Crippen molar-refractivity contribution in [1.82, 2.24) is 4.90 Å². The lowest BCUT2D eigenvalue weighted by Crippen LogP contribution is -2.40. The monoisotopic (exact) mass is 278 g/mol. The van der Waals surface area contributed by atoms with Gasteiger partial charge in [0, 0.05) is 26.3 Å². The highest BCUT2D eigenvalue weighted by Gasteiger charge is 2.48. The minimum absolute atomic E-state index is 0.